The van der Waals surface area contributed by atoms with Gasteiger partial charge in [0.25, 0.3) is 0 Å². The highest BCUT2D eigenvalue weighted by molar-refractivity contribution is 7.47. The van der Waals surface area contributed by atoms with Gasteiger partial charge in [0.2, 0.25) is 0 Å². The van der Waals surface area contributed by atoms with E-state index < -0.39 is 97.5 Å². The molecule has 0 saturated carbocycles. The Morgan fingerprint density at radius 1 is 0.290 bits per heavy atom. The number of aliphatic hydroxyl groups is 1. The van der Waals surface area contributed by atoms with Crippen molar-refractivity contribution < 1.29 is 80.2 Å². The van der Waals surface area contributed by atoms with Crippen LogP contribution >= 0.6 is 15.6 Å². The summed E-state index contributed by atoms with van der Waals surface area (Å²) in [4.78, 5) is 73.0. The van der Waals surface area contributed by atoms with Gasteiger partial charge in [-0.05, 0) is 43.4 Å². The number of unbranched alkanes of at least 4 members (excludes halogenated alkanes) is 46. The first kappa shape index (κ1) is 98.1. The summed E-state index contributed by atoms with van der Waals surface area (Å²) in [5.74, 6) is 0.150. The van der Waals surface area contributed by atoms with Crippen LogP contribution in [0.4, 0.5) is 0 Å². The van der Waals surface area contributed by atoms with Crippen molar-refractivity contribution in [1.82, 2.24) is 0 Å². The lowest BCUT2D eigenvalue weighted by Gasteiger charge is -2.21. The second kappa shape index (κ2) is 71.3. The van der Waals surface area contributed by atoms with Crippen molar-refractivity contribution >= 4 is 39.5 Å². The summed E-state index contributed by atoms with van der Waals surface area (Å²) in [5, 5.41) is 10.6. The van der Waals surface area contributed by atoms with Crippen molar-refractivity contribution in [3.05, 3.63) is 0 Å². The Labute approximate surface area is 613 Å². The van der Waals surface area contributed by atoms with Gasteiger partial charge in [-0.1, -0.05) is 370 Å². The lowest BCUT2D eigenvalue weighted by molar-refractivity contribution is -0.161. The maximum atomic E-state index is 13.1. The average molecular weight is 1470 g/mol. The number of esters is 4. The molecule has 19 heteroatoms. The molecule has 3 N–H and O–H groups in total. The summed E-state index contributed by atoms with van der Waals surface area (Å²) in [6.45, 7) is 11.9. The number of hydrogen-bond donors (Lipinski definition) is 3. The van der Waals surface area contributed by atoms with Gasteiger partial charge < -0.3 is 33.8 Å². The molecule has 0 fully saturated rings. The Kier molecular flexibility index (Phi) is 69.9. The van der Waals surface area contributed by atoms with Crippen molar-refractivity contribution in [3.8, 4) is 0 Å². The standard InChI is InChI=1S/C81H158O17P2/c1-8-10-11-12-13-14-15-16-17-18-19-20-21-22-23-24-27-31-34-42-50-57-64-80(85)97-76(68-91-78(83)62-55-48-41-33-30-28-25-26-29-32-38-45-52-59-72(3)4)70-95-99(87,88)93-66-75(82)67-94-100(89,90)96-71-77(69-92-79(84)63-56-49-44-37-39-46-53-60-73(5)6)98-81(86)65-58-51-43-36-35-40-47-54-61-74(7)9-2/h72-77,82H,8-71H2,1-7H3,(H,87,88)(H,89,90)/t74?,75-,76-,77-/m1/s1. The van der Waals surface area contributed by atoms with Gasteiger partial charge in [0.15, 0.2) is 12.2 Å². The van der Waals surface area contributed by atoms with Crippen LogP contribution in [0.1, 0.15) is 421 Å². The minimum absolute atomic E-state index is 0.104. The fourth-order valence-corrected chi connectivity index (χ4v) is 14.0. The third-order valence-electron chi connectivity index (χ3n) is 19.2. The summed E-state index contributed by atoms with van der Waals surface area (Å²) in [6, 6.07) is 0. The van der Waals surface area contributed by atoms with Crippen LogP contribution in [0.2, 0.25) is 0 Å². The normalized spacial score (nSPS) is 14.2. The predicted molar refractivity (Wildman–Crippen MR) is 409 cm³/mol. The molecule has 0 aromatic rings. The molecule has 17 nitrogen and oxygen atoms in total. The molecule has 0 rings (SSSR count). The Morgan fingerprint density at radius 3 is 0.760 bits per heavy atom. The molecule has 0 aromatic heterocycles. The van der Waals surface area contributed by atoms with Gasteiger partial charge >= 0.3 is 39.5 Å². The fourth-order valence-electron chi connectivity index (χ4n) is 12.5. The smallest absolute Gasteiger partial charge is 0.462 e. The Morgan fingerprint density at radius 2 is 0.510 bits per heavy atom. The van der Waals surface area contributed by atoms with Crippen molar-refractivity contribution in [2.75, 3.05) is 39.6 Å². The van der Waals surface area contributed by atoms with E-state index in [4.69, 9.17) is 37.0 Å². The molecule has 6 atom stereocenters. The molecule has 3 unspecified atom stereocenters. The highest BCUT2D eigenvalue weighted by Gasteiger charge is 2.30. The molecule has 100 heavy (non-hydrogen) atoms. The number of phosphoric ester groups is 2. The number of rotatable bonds is 79. The lowest BCUT2D eigenvalue weighted by atomic mass is 9.99. The molecule has 0 aliphatic heterocycles. The van der Waals surface area contributed by atoms with E-state index in [1.807, 2.05) is 0 Å². The van der Waals surface area contributed by atoms with Gasteiger partial charge in [0, 0.05) is 25.7 Å². The van der Waals surface area contributed by atoms with Crippen LogP contribution < -0.4 is 0 Å². The highest BCUT2D eigenvalue weighted by atomic mass is 31.2. The van der Waals surface area contributed by atoms with Crippen molar-refractivity contribution in [1.29, 1.82) is 0 Å². The first-order valence-corrected chi connectivity index (χ1v) is 44.9. The van der Waals surface area contributed by atoms with Crippen LogP contribution in [0.5, 0.6) is 0 Å². The van der Waals surface area contributed by atoms with Gasteiger partial charge in [-0.2, -0.15) is 0 Å². The van der Waals surface area contributed by atoms with Crippen molar-refractivity contribution in [3.63, 3.8) is 0 Å². The van der Waals surface area contributed by atoms with Crippen molar-refractivity contribution in [2.24, 2.45) is 17.8 Å². The number of ether oxygens (including phenoxy) is 4. The SMILES string of the molecule is CCCCCCCCCCCCCCCCCCCCCCCCC(=O)O[C@H](COC(=O)CCCCCCCCCCCCCCCC(C)C)COP(=O)(O)OC[C@@H](O)COP(=O)(O)OC[C@@H](COC(=O)CCCCCCCCCC(C)C)OC(=O)CCCCCCCCCCC(C)CC. The number of phosphoric acid groups is 2. The zero-order chi connectivity index (χ0) is 73.7. The molecule has 0 aromatic carbocycles. The summed E-state index contributed by atoms with van der Waals surface area (Å²) < 4.78 is 68.7. The molecule has 0 radical (unpaired) electrons. The molecule has 0 aliphatic rings. The summed E-state index contributed by atoms with van der Waals surface area (Å²) in [5.41, 5.74) is 0. The highest BCUT2D eigenvalue weighted by Crippen LogP contribution is 2.45. The molecule has 0 saturated heterocycles. The van der Waals surface area contributed by atoms with E-state index in [2.05, 4.69) is 48.5 Å². The second-order valence-electron chi connectivity index (χ2n) is 30.4. The summed E-state index contributed by atoms with van der Waals surface area (Å²) in [6.07, 6.45) is 59.9. The second-order valence-corrected chi connectivity index (χ2v) is 33.3. The number of aliphatic hydroxyl groups excluding tert-OH is 1. The van der Waals surface area contributed by atoms with Crippen LogP contribution in [-0.2, 0) is 65.4 Å². The van der Waals surface area contributed by atoms with Gasteiger partial charge in [-0.15, -0.1) is 0 Å². The first-order valence-electron chi connectivity index (χ1n) is 41.9. The third kappa shape index (κ3) is 73.0. The minimum atomic E-state index is -4.96. The van der Waals surface area contributed by atoms with Crippen LogP contribution in [0.3, 0.4) is 0 Å². The zero-order valence-corrected chi connectivity index (χ0v) is 67.5. The maximum absolute atomic E-state index is 13.1. The van der Waals surface area contributed by atoms with E-state index >= 15 is 0 Å². The molecular weight excluding hydrogens is 1310 g/mol. The van der Waals surface area contributed by atoms with E-state index in [1.165, 1.54) is 225 Å². The fraction of sp³-hybridized carbons (Fsp3) is 0.951. The minimum Gasteiger partial charge on any atom is -0.462 e. The number of carbonyl (C=O) groups is 4. The number of hydrogen-bond acceptors (Lipinski definition) is 15. The van der Waals surface area contributed by atoms with Crippen LogP contribution in [0.25, 0.3) is 0 Å². The molecule has 594 valence electrons. The molecule has 0 heterocycles. The third-order valence-corrected chi connectivity index (χ3v) is 21.1. The van der Waals surface area contributed by atoms with E-state index in [0.29, 0.717) is 31.6 Å². The van der Waals surface area contributed by atoms with Gasteiger partial charge in [-0.25, -0.2) is 9.13 Å². The van der Waals surface area contributed by atoms with Crippen LogP contribution in [0, 0.1) is 17.8 Å². The van der Waals surface area contributed by atoms with E-state index in [1.54, 1.807) is 0 Å². The lowest BCUT2D eigenvalue weighted by Crippen LogP contribution is -2.30. The van der Waals surface area contributed by atoms with Crippen LogP contribution in [-0.4, -0.2) is 96.7 Å². The van der Waals surface area contributed by atoms with Gasteiger partial charge in [0.05, 0.1) is 26.4 Å². The van der Waals surface area contributed by atoms with Crippen molar-refractivity contribution in [2.45, 2.75) is 439 Å². The average Bonchev–Trinajstić information content (AvgIpc) is 0.960. The van der Waals surface area contributed by atoms with E-state index in [9.17, 15) is 43.2 Å². The molecular formula is C81H158O17P2. The van der Waals surface area contributed by atoms with Gasteiger partial charge in [0.1, 0.15) is 19.3 Å². The number of carbonyl (C=O) groups excluding carboxylic acids is 4. The maximum Gasteiger partial charge on any atom is 0.472 e. The largest absolute Gasteiger partial charge is 0.472 e. The van der Waals surface area contributed by atoms with Gasteiger partial charge in [-0.3, -0.25) is 37.3 Å². The molecule has 0 aliphatic carbocycles. The quantitative estimate of drug-likeness (QED) is 0.0222. The monoisotopic (exact) mass is 1470 g/mol. The Balaban J connectivity index is 5.21. The summed E-state index contributed by atoms with van der Waals surface area (Å²) in [7, 11) is -9.92. The zero-order valence-electron chi connectivity index (χ0n) is 65.7. The topological polar surface area (TPSA) is 237 Å². The first-order chi connectivity index (χ1) is 48.3. The Bertz CT molecular complexity index is 1940. The Hall–Kier alpha value is -1.94. The molecule has 0 amide bonds. The molecule has 0 bridgehead atoms. The molecule has 0 spiro atoms. The predicted octanol–water partition coefficient (Wildman–Crippen LogP) is 24.1. The van der Waals surface area contributed by atoms with E-state index in [0.717, 1.165) is 108 Å². The summed E-state index contributed by atoms with van der Waals surface area (Å²) >= 11 is 0. The van der Waals surface area contributed by atoms with Crippen LogP contribution in [0.15, 0.2) is 0 Å². The van der Waals surface area contributed by atoms with E-state index in [-0.39, 0.29) is 25.7 Å².